The van der Waals surface area contributed by atoms with Crippen LogP contribution in [0.25, 0.3) is 11.1 Å². The first kappa shape index (κ1) is 9.99. The van der Waals surface area contributed by atoms with Crippen molar-refractivity contribution in [2.45, 2.75) is 0 Å². The molecule has 0 saturated heterocycles. The number of rotatable bonds is 2. The fourth-order valence-corrected chi connectivity index (χ4v) is 1.62. The molecule has 0 radical (unpaired) electrons. The Kier molecular flexibility index (Phi) is 2.88. The lowest BCUT2D eigenvalue weighted by molar-refractivity contribution is 0.399. The van der Waals surface area contributed by atoms with Crippen LogP contribution in [0.15, 0.2) is 42.6 Å². The average Bonchev–Trinajstić information content (AvgIpc) is 2.29. The van der Waals surface area contributed by atoms with Crippen molar-refractivity contribution < 1.29 is 4.74 Å². The van der Waals surface area contributed by atoms with Gasteiger partial charge in [-0.15, -0.1) is 0 Å². The van der Waals surface area contributed by atoms with Crippen LogP contribution in [0.5, 0.6) is 5.88 Å². The van der Waals surface area contributed by atoms with E-state index in [1.807, 2.05) is 36.4 Å². The molecule has 15 heavy (non-hydrogen) atoms. The van der Waals surface area contributed by atoms with Crippen molar-refractivity contribution in [2.75, 3.05) is 7.11 Å². The van der Waals surface area contributed by atoms with Crippen LogP contribution in [-0.4, -0.2) is 12.1 Å². The summed E-state index contributed by atoms with van der Waals surface area (Å²) in [5, 5.41) is 0.707. The van der Waals surface area contributed by atoms with Gasteiger partial charge < -0.3 is 4.74 Å². The van der Waals surface area contributed by atoms with Gasteiger partial charge in [0.25, 0.3) is 0 Å². The van der Waals surface area contributed by atoms with Crippen LogP contribution >= 0.6 is 11.6 Å². The molecule has 0 bridgehead atoms. The number of hydrogen-bond acceptors (Lipinski definition) is 2. The maximum atomic E-state index is 5.93. The minimum Gasteiger partial charge on any atom is -0.481 e. The monoisotopic (exact) mass is 219 g/mol. The Morgan fingerprint density at radius 3 is 2.80 bits per heavy atom. The topological polar surface area (TPSA) is 22.1 Å². The van der Waals surface area contributed by atoms with E-state index in [-0.39, 0.29) is 0 Å². The predicted molar refractivity (Wildman–Crippen MR) is 61.2 cm³/mol. The second kappa shape index (κ2) is 4.32. The molecule has 0 N–H and O–H groups in total. The van der Waals surface area contributed by atoms with E-state index in [2.05, 4.69) is 4.98 Å². The molecule has 76 valence electrons. The summed E-state index contributed by atoms with van der Waals surface area (Å²) in [5.41, 5.74) is 1.95. The Labute approximate surface area is 93.5 Å². The number of benzene rings is 1. The molecule has 0 aliphatic rings. The van der Waals surface area contributed by atoms with Crippen molar-refractivity contribution in [3.05, 3.63) is 47.6 Å². The predicted octanol–water partition coefficient (Wildman–Crippen LogP) is 3.41. The zero-order valence-electron chi connectivity index (χ0n) is 8.27. The summed E-state index contributed by atoms with van der Waals surface area (Å²) in [7, 11) is 1.61. The quantitative estimate of drug-likeness (QED) is 0.772. The molecule has 0 aliphatic heterocycles. The Bertz CT molecular complexity index is 471. The fourth-order valence-electron chi connectivity index (χ4n) is 1.43. The van der Waals surface area contributed by atoms with Gasteiger partial charge in [-0.05, 0) is 29.8 Å². The van der Waals surface area contributed by atoms with E-state index in [4.69, 9.17) is 16.3 Å². The summed E-state index contributed by atoms with van der Waals surface area (Å²) in [5.74, 6) is 0.611. The van der Waals surface area contributed by atoms with Crippen molar-refractivity contribution in [3.63, 3.8) is 0 Å². The van der Waals surface area contributed by atoms with Crippen molar-refractivity contribution in [3.8, 4) is 17.0 Å². The molecule has 0 fully saturated rings. The van der Waals surface area contributed by atoms with E-state index in [0.717, 1.165) is 11.1 Å². The molecule has 0 amide bonds. The highest BCUT2D eigenvalue weighted by Crippen LogP contribution is 2.28. The summed E-state index contributed by atoms with van der Waals surface area (Å²) in [4.78, 5) is 4.14. The average molecular weight is 220 g/mol. The van der Waals surface area contributed by atoms with Gasteiger partial charge in [0, 0.05) is 16.8 Å². The van der Waals surface area contributed by atoms with Crippen LogP contribution in [0, 0.1) is 0 Å². The van der Waals surface area contributed by atoms with Crippen LogP contribution in [-0.2, 0) is 0 Å². The summed E-state index contributed by atoms with van der Waals surface area (Å²) < 4.78 is 5.19. The zero-order chi connectivity index (χ0) is 10.7. The second-order valence-corrected chi connectivity index (χ2v) is 3.51. The molecule has 0 spiro atoms. The number of halogens is 1. The molecule has 2 aromatic rings. The van der Waals surface area contributed by atoms with E-state index in [0.29, 0.717) is 10.9 Å². The number of ether oxygens (including phenoxy) is 1. The molecule has 2 nitrogen and oxygen atoms in total. The van der Waals surface area contributed by atoms with Gasteiger partial charge in [-0.3, -0.25) is 0 Å². The third-order valence-electron chi connectivity index (χ3n) is 2.10. The Hall–Kier alpha value is -1.54. The highest BCUT2D eigenvalue weighted by molar-refractivity contribution is 6.30. The minimum atomic E-state index is 0.611. The molecular formula is C12H10ClNO. The molecule has 0 atom stereocenters. The van der Waals surface area contributed by atoms with E-state index >= 15 is 0 Å². The molecule has 2 rings (SSSR count). The molecule has 1 heterocycles. The third kappa shape index (κ3) is 2.10. The first-order valence-corrected chi connectivity index (χ1v) is 4.94. The zero-order valence-corrected chi connectivity index (χ0v) is 9.03. The molecule has 0 saturated carbocycles. The smallest absolute Gasteiger partial charge is 0.221 e. The van der Waals surface area contributed by atoms with E-state index in [9.17, 15) is 0 Å². The van der Waals surface area contributed by atoms with Crippen LogP contribution in [0.2, 0.25) is 5.02 Å². The van der Waals surface area contributed by atoms with Crippen LogP contribution in [0.4, 0.5) is 0 Å². The molecule has 1 aromatic carbocycles. The van der Waals surface area contributed by atoms with Gasteiger partial charge in [0.05, 0.1) is 7.11 Å². The SMILES string of the molecule is COc1ncccc1-c1cccc(Cl)c1. The number of aromatic nitrogens is 1. The van der Waals surface area contributed by atoms with Gasteiger partial charge in [-0.25, -0.2) is 4.98 Å². The third-order valence-corrected chi connectivity index (χ3v) is 2.34. The molecular weight excluding hydrogens is 210 g/mol. The summed E-state index contributed by atoms with van der Waals surface area (Å²) >= 11 is 5.93. The van der Waals surface area contributed by atoms with Gasteiger partial charge >= 0.3 is 0 Å². The molecule has 1 aromatic heterocycles. The van der Waals surface area contributed by atoms with Crippen molar-refractivity contribution in [1.82, 2.24) is 4.98 Å². The van der Waals surface area contributed by atoms with Gasteiger partial charge in [0.15, 0.2) is 0 Å². The number of pyridine rings is 1. The molecule has 0 aliphatic carbocycles. The maximum Gasteiger partial charge on any atom is 0.221 e. The van der Waals surface area contributed by atoms with E-state index in [1.165, 1.54) is 0 Å². The number of methoxy groups -OCH3 is 1. The van der Waals surface area contributed by atoms with Crippen molar-refractivity contribution >= 4 is 11.6 Å². The van der Waals surface area contributed by atoms with Crippen LogP contribution in [0.3, 0.4) is 0 Å². The number of nitrogens with zero attached hydrogens (tertiary/aromatic N) is 1. The first-order valence-electron chi connectivity index (χ1n) is 4.56. The van der Waals surface area contributed by atoms with Crippen LogP contribution < -0.4 is 4.74 Å². The largest absolute Gasteiger partial charge is 0.481 e. The number of hydrogen-bond donors (Lipinski definition) is 0. The van der Waals surface area contributed by atoms with E-state index in [1.54, 1.807) is 13.3 Å². The lowest BCUT2D eigenvalue weighted by Crippen LogP contribution is -1.90. The summed E-state index contributed by atoms with van der Waals surface area (Å²) in [6, 6.07) is 11.4. The van der Waals surface area contributed by atoms with Crippen molar-refractivity contribution in [1.29, 1.82) is 0 Å². The first-order chi connectivity index (χ1) is 7.31. The summed E-state index contributed by atoms with van der Waals surface area (Å²) in [6.07, 6.45) is 1.70. The minimum absolute atomic E-state index is 0.611. The molecule has 0 unspecified atom stereocenters. The van der Waals surface area contributed by atoms with Gasteiger partial charge in [0.1, 0.15) is 0 Å². The standard InChI is InChI=1S/C12H10ClNO/c1-15-12-11(6-3-7-14-12)9-4-2-5-10(13)8-9/h2-8H,1H3. The second-order valence-electron chi connectivity index (χ2n) is 3.07. The fraction of sp³-hybridized carbons (Fsp3) is 0.0833. The molecule has 3 heteroatoms. The Morgan fingerprint density at radius 2 is 2.07 bits per heavy atom. The Morgan fingerprint density at radius 1 is 1.20 bits per heavy atom. The van der Waals surface area contributed by atoms with E-state index < -0.39 is 0 Å². The van der Waals surface area contributed by atoms with Gasteiger partial charge in [-0.2, -0.15) is 0 Å². The lowest BCUT2D eigenvalue weighted by atomic mass is 10.1. The van der Waals surface area contributed by atoms with Gasteiger partial charge in [-0.1, -0.05) is 23.7 Å². The Balaban J connectivity index is 2.53. The highest BCUT2D eigenvalue weighted by Gasteiger charge is 2.05. The van der Waals surface area contributed by atoms with Crippen molar-refractivity contribution in [2.24, 2.45) is 0 Å². The lowest BCUT2D eigenvalue weighted by Gasteiger charge is -2.06. The summed E-state index contributed by atoms with van der Waals surface area (Å²) in [6.45, 7) is 0. The van der Waals surface area contributed by atoms with Gasteiger partial charge in [0.2, 0.25) is 5.88 Å². The normalized spacial score (nSPS) is 10.0. The maximum absolute atomic E-state index is 5.93. The van der Waals surface area contributed by atoms with Crippen LogP contribution in [0.1, 0.15) is 0 Å². The highest BCUT2D eigenvalue weighted by atomic mass is 35.5.